The number of benzene rings is 1. The first-order chi connectivity index (χ1) is 11.6. The fourth-order valence-electron chi connectivity index (χ4n) is 2.03. The molecule has 0 bridgehead atoms. The first-order valence-corrected chi connectivity index (χ1v) is 9.80. The van der Waals surface area contributed by atoms with E-state index in [1.807, 2.05) is 41.5 Å². The van der Waals surface area contributed by atoms with Gasteiger partial charge in [-0.25, -0.2) is 0 Å². The summed E-state index contributed by atoms with van der Waals surface area (Å²) >= 11 is 6.83. The lowest BCUT2D eigenvalue weighted by atomic mass is 9.95. The lowest BCUT2D eigenvalue weighted by Gasteiger charge is -2.22. The number of thiocarbonyl (C=S) groups is 1. The van der Waals surface area contributed by atoms with Gasteiger partial charge in [0.15, 0.2) is 5.78 Å². The van der Waals surface area contributed by atoms with Crippen LogP contribution in [0.4, 0.5) is 5.69 Å². The Balaban J connectivity index is 2.73. The molecule has 1 N–H and O–H groups in total. The van der Waals surface area contributed by atoms with Crippen molar-refractivity contribution in [2.24, 2.45) is 5.41 Å². The van der Waals surface area contributed by atoms with Gasteiger partial charge in [-0.05, 0) is 45.0 Å². The van der Waals surface area contributed by atoms with Gasteiger partial charge in [-0.15, -0.1) is 0 Å². The Kier molecular flexibility index (Phi) is 8.09. The Morgan fingerprint density at radius 2 is 1.68 bits per heavy atom. The van der Waals surface area contributed by atoms with E-state index in [-0.39, 0.29) is 16.9 Å². The van der Waals surface area contributed by atoms with Crippen molar-refractivity contribution in [2.75, 3.05) is 18.4 Å². The predicted molar refractivity (Wildman–Crippen MR) is 111 cm³/mol. The number of ketones is 1. The topological polar surface area (TPSA) is 49.4 Å². The molecule has 1 aromatic carbocycles. The zero-order valence-corrected chi connectivity index (χ0v) is 17.5. The van der Waals surface area contributed by atoms with Crippen molar-refractivity contribution in [3.8, 4) is 0 Å². The van der Waals surface area contributed by atoms with Gasteiger partial charge in [-0.3, -0.25) is 9.59 Å². The number of Topliss-reactive ketones (excluding diaryl/α,β-unsaturated/α-hetero) is 1. The van der Waals surface area contributed by atoms with Crippen LogP contribution in [-0.4, -0.2) is 39.3 Å². The molecule has 0 aromatic heterocycles. The van der Waals surface area contributed by atoms with Gasteiger partial charge in [0.05, 0.1) is 5.25 Å². The maximum Gasteiger partial charge on any atom is 0.229 e. The molecule has 0 saturated carbocycles. The van der Waals surface area contributed by atoms with E-state index in [1.54, 1.807) is 24.3 Å². The normalized spacial score (nSPS) is 12.4. The largest absolute Gasteiger partial charge is 0.358 e. The molecule has 25 heavy (non-hydrogen) atoms. The van der Waals surface area contributed by atoms with Crippen LogP contribution in [-0.2, 0) is 4.79 Å². The van der Waals surface area contributed by atoms with Gasteiger partial charge >= 0.3 is 0 Å². The van der Waals surface area contributed by atoms with E-state index in [0.29, 0.717) is 11.3 Å². The number of thioether (sulfide) groups is 1. The average Bonchev–Trinajstić information content (AvgIpc) is 2.55. The van der Waals surface area contributed by atoms with Crippen molar-refractivity contribution >= 4 is 45.7 Å². The quantitative estimate of drug-likeness (QED) is 0.577. The smallest absolute Gasteiger partial charge is 0.229 e. The summed E-state index contributed by atoms with van der Waals surface area (Å²) in [6.07, 6.45) is 0. The van der Waals surface area contributed by atoms with Crippen molar-refractivity contribution in [1.29, 1.82) is 0 Å². The average molecular weight is 381 g/mol. The Morgan fingerprint density at radius 1 is 1.16 bits per heavy atom. The number of hydrogen-bond donors (Lipinski definition) is 1. The zero-order chi connectivity index (χ0) is 19.2. The van der Waals surface area contributed by atoms with Crippen molar-refractivity contribution in [2.45, 2.75) is 46.8 Å². The zero-order valence-electron chi connectivity index (χ0n) is 15.9. The Bertz CT molecular complexity index is 617. The molecule has 1 rings (SSSR count). The minimum atomic E-state index is -0.459. The molecule has 4 nitrogen and oxygen atoms in total. The highest BCUT2D eigenvalue weighted by Crippen LogP contribution is 2.22. The molecular formula is C19H28N2O2S2. The molecule has 1 aromatic rings. The standard InChI is InChI=1S/C19H28N2O2S2/c1-7-21(8-2)18(24)25-13(3)16(22)14-9-11-15(12-10-14)20-17(23)19(4,5)6/h9-13H,7-8H2,1-6H3,(H,20,23)/t13-/m1/s1. The summed E-state index contributed by atoms with van der Waals surface area (Å²) in [7, 11) is 0. The molecule has 1 atom stereocenters. The summed E-state index contributed by atoms with van der Waals surface area (Å²) in [5.74, 6) is -0.0201. The minimum absolute atomic E-state index is 0.0354. The van der Waals surface area contributed by atoms with E-state index in [9.17, 15) is 9.59 Å². The van der Waals surface area contributed by atoms with E-state index in [0.717, 1.165) is 17.4 Å². The molecule has 0 spiro atoms. The second-order valence-corrected chi connectivity index (χ2v) is 8.82. The van der Waals surface area contributed by atoms with E-state index >= 15 is 0 Å². The van der Waals surface area contributed by atoms with Gasteiger partial charge in [0.25, 0.3) is 0 Å². The van der Waals surface area contributed by atoms with Crippen LogP contribution in [0.1, 0.15) is 51.9 Å². The number of hydrogen-bond acceptors (Lipinski definition) is 4. The van der Waals surface area contributed by atoms with Gasteiger partial charge in [0.2, 0.25) is 5.91 Å². The molecule has 6 heteroatoms. The molecule has 0 saturated heterocycles. The van der Waals surface area contributed by atoms with E-state index in [1.165, 1.54) is 11.8 Å². The monoisotopic (exact) mass is 380 g/mol. The summed E-state index contributed by atoms with van der Waals surface area (Å²) in [5.41, 5.74) is 0.853. The molecule has 1 amide bonds. The lowest BCUT2D eigenvalue weighted by Crippen LogP contribution is -2.29. The van der Waals surface area contributed by atoms with Crippen LogP contribution in [0, 0.1) is 5.41 Å². The molecule has 0 aliphatic heterocycles. The minimum Gasteiger partial charge on any atom is -0.358 e. The number of carbonyl (C=O) groups is 2. The predicted octanol–water partition coefficient (Wildman–Crippen LogP) is 4.60. The van der Waals surface area contributed by atoms with Crippen LogP contribution in [0.3, 0.4) is 0 Å². The highest BCUT2D eigenvalue weighted by Gasteiger charge is 2.22. The van der Waals surface area contributed by atoms with Crippen LogP contribution in [0.5, 0.6) is 0 Å². The van der Waals surface area contributed by atoms with E-state index < -0.39 is 5.41 Å². The molecule has 0 aliphatic rings. The summed E-state index contributed by atoms with van der Waals surface area (Å²) in [5, 5.41) is 2.61. The summed E-state index contributed by atoms with van der Waals surface area (Å²) in [4.78, 5) is 26.7. The SMILES string of the molecule is CCN(CC)C(=S)S[C@H](C)C(=O)c1ccc(NC(=O)C(C)(C)C)cc1. The van der Waals surface area contributed by atoms with Gasteiger partial charge in [-0.1, -0.05) is 44.8 Å². The maximum atomic E-state index is 12.6. The first-order valence-electron chi connectivity index (χ1n) is 8.51. The third kappa shape index (κ3) is 6.44. The third-order valence-corrected chi connectivity index (χ3v) is 5.35. The van der Waals surface area contributed by atoms with Gasteiger partial charge in [0, 0.05) is 29.8 Å². The highest BCUT2D eigenvalue weighted by molar-refractivity contribution is 8.23. The van der Waals surface area contributed by atoms with Crippen LogP contribution in [0.15, 0.2) is 24.3 Å². The molecule has 0 radical (unpaired) electrons. The van der Waals surface area contributed by atoms with Crippen LogP contribution >= 0.6 is 24.0 Å². The Labute approximate surface area is 160 Å². The van der Waals surface area contributed by atoms with Crippen LogP contribution < -0.4 is 5.32 Å². The molecule has 0 unspecified atom stereocenters. The van der Waals surface area contributed by atoms with Gasteiger partial charge in [0.1, 0.15) is 4.32 Å². The number of amides is 1. The number of anilines is 1. The maximum absolute atomic E-state index is 12.6. The number of nitrogens with one attached hydrogen (secondary N) is 1. The van der Waals surface area contributed by atoms with Crippen molar-refractivity contribution in [1.82, 2.24) is 4.90 Å². The summed E-state index contributed by atoms with van der Waals surface area (Å²) in [6.45, 7) is 13.2. The van der Waals surface area contributed by atoms with Crippen LogP contribution in [0.2, 0.25) is 0 Å². The van der Waals surface area contributed by atoms with Crippen molar-refractivity contribution < 1.29 is 9.59 Å². The van der Waals surface area contributed by atoms with Crippen LogP contribution in [0.25, 0.3) is 0 Å². The second kappa shape index (κ2) is 9.34. The molecule has 0 fully saturated rings. The number of nitrogens with zero attached hydrogens (tertiary/aromatic N) is 1. The van der Waals surface area contributed by atoms with Gasteiger partial charge in [-0.2, -0.15) is 0 Å². The fraction of sp³-hybridized carbons (Fsp3) is 0.526. The summed E-state index contributed by atoms with van der Waals surface area (Å²) < 4.78 is 0.750. The molecule has 0 aliphatic carbocycles. The molecule has 0 heterocycles. The van der Waals surface area contributed by atoms with Crippen molar-refractivity contribution in [3.63, 3.8) is 0 Å². The van der Waals surface area contributed by atoms with E-state index in [4.69, 9.17) is 12.2 Å². The lowest BCUT2D eigenvalue weighted by molar-refractivity contribution is -0.123. The van der Waals surface area contributed by atoms with Crippen molar-refractivity contribution in [3.05, 3.63) is 29.8 Å². The van der Waals surface area contributed by atoms with E-state index in [2.05, 4.69) is 10.2 Å². The Hall–Kier alpha value is -1.40. The fourth-order valence-corrected chi connectivity index (χ4v) is 3.68. The first kappa shape index (κ1) is 21.6. The summed E-state index contributed by atoms with van der Waals surface area (Å²) in [6, 6.07) is 7.02. The Morgan fingerprint density at radius 3 is 2.12 bits per heavy atom. The van der Waals surface area contributed by atoms with Gasteiger partial charge < -0.3 is 10.2 Å². The molecule has 138 valence electrons. The highest BCUT2D eigenvalue weighted by atomic mass is 32.2. The third-order valence-electron chi connectivity index (χ3n) is 3.78. The number of rotatable bonds is 6. The second-order valence-electron chi connectivity index (χ2n) is 6.84. The molecular weight excluding hydrogens is 352 g/mol. The number of carbonyl (C=O) groups excluding carboxylic acids is 2.